The van der Waals surface area contributed by atoms with Crippen LogP contribution >= 0.6 is 11.3 Å². The van der Waals surface area contributed by atoms with E-state index in [4.69, 9.17) is 4.98 Å². The summed E-state index contributed by atoms with van der Waals surface area (Å²) in [5.41, 5.74) is 11.2. The smallest absolute Gasteiger partial charge is 0.0788 e. The van der Waals surface area contributed by atoms with Crippen molar-refractivity contribution in [3.8, 4) is 11.3 Å². The maximum Gasteiger partial charge on any atom is 0.0788 e. The lowest BCUT2D eigenvalue weighted by atomic mass is 9.73. The van der Waals surface area contributed by atoms with Crippen LogP contribution in [0.25, 0.3) is 58.7 Å². The van der Waals surface area contributed by atoms with E-state index in [1.165, 1.54) is 70.0 Å². The van der Waals surface area contributed by atoms with Crippen molar-refractivity contribution in [1.82, 2.24) is 4.98 Å². The summed E-state index contributed by atoms with van der Waals surface area (Å²) in [4.78, 5) is 7.73. The van der Waals surface area contributed by atoms with Gasteiger partial charge in [0.2, 0.25) is 0 Å². The first-order chi connectivity index (χ1) is 24.1. The zero-order valence-corrected chi connectivity index (χ0v) is 28.3. The fourth-order valence-electron chi connectivity index (χ4n) is 8.33. The molecule has 10 rings (SSSR count). The zero-order valence-electron chi connectivity index (χ0n) is 27.5. The van der Waals surface area contributed by atoms with Gasteiger partial charge in [-0.15, -0.1) is 11.3 Å². The van der Waals surface area contributed by atoms with Crippen LogP contribution in [0.1, 0.15) is 37.0 Å². The molecule has 8 aromatic rings. The van der Waals surface area contributed by atoms with Crippen LogP contribution in [-0.4, -0.2) is 11.0 Å². The minimum atomic E-state index is -0.0426. The number of pyridine rings is 1. The van der Waals surface area contributed by atoms with Crippen LogP contribution in [0.2, 0.25) is 0 Å². The largest absolute Gasteiger partial charge is 0.334 e. The second-order valence-electron chi connectivity index (χ2n) is 13.9. The molecule has 1 aliphatic carbocycles. The average molecular weight is 647 g/mol. The summed E-state index contributed by atoms with van der Waals surface area (Å²) < 4.78 is 2.65. The third-order valence-corrected chi connectivity index (χ3v) is 12.0. The molecule has 49 heavy (non-hydrogen) atoms. The van der Waals surface area contributed by atoms with Gasteiger partial charge in [-0.1, -0.05) is 135 Å². The van der Waals surface area contributed by atoms with Gasteiger partial charge in [-0.25, -0.2) is 4.98 Å². The number of benzene rings is 6. The van der Waals surface area contributed by atoms with E-state index in [0.717, 1.165) is 23.2 Å². The first-order valence-corrected chi connectivity index (χ1v) is 18.0. The second-order valence-corrected chi connectivity index (χ2v) is 14.9. The van der Waals surface area contributed by atoms with E-state index in [-0.39, 0.29) is 11.5 Å². The third kappa shape index (κ3) is 4.29. The first kappa shape index (κ1) is 28.5. The number of nitrogens with zero attached hydrogens (tertiary/aromatic N) is 2. The Morgan fingerprint density at radius 3 is 2.10 bits per heavy atom. The Balaban J connectivity index is 1.06. The molecule has 234 valence electrons. The molecule has 2 nitrogen and oxygen atoms in total. The maximum absolute atomic E-state index is 5.17. The summed E-state index contributed by atoms with van der Waals surface area (Å²) in [5, 5.41) is 6.35. The van der Waals surface area contributed by atoms with Crippen LogP contribution < -0.4 is 4.90 Å². The molecule has 1 aliphatic heterocycles. The molecule has 2 aliphatic rings. The molecule has 0 bridgehead atoms. The number of para-hydroxylation sites is 3. The Labute approximate surface area is 290 Å². The lowest BCUT2D eigenvalue weighted by Crippen LogP contribution is -2.38. The van der Waals surface area contributed by atoms with Gasteiger partial charge in [-0.05, 0) is 59.0 Å². The molecule has 0 saturated heterocycles. The number of anilines is 2. The predicted octanol–water partition coefficient (Wildman–Crippen LogP) is 12.6. The van der Waals surface area contributed by atoms with Crippen molar-refractivity contribution in [2.45, 2.75) is 31.7 Å². The van der Waals surface area contributed by atoms with E-state index in [1.807, 2.05) is 11.3 Å². The van der Waals surface area contributed by atoms with E-state index >= 15 is 0 Å². The highest BCUT2D eigenvalue weighted by atomic mass is 32.1. The van der Waals surface area contributed by atoms with Crippen molar-refractivity contribution in [2.75, 3.05) is 4.90 Å². The molecule has 0 N–H and O–H groups in total. The molecular formula is C46H34N2S. The molecule has 3 heteroatoms. The van der Waals surface area contributed by atoms with Crippen LogP contribution in [0.3, 0.4) is 0 Å². The molecule has 2 aromatic heterocycles. The number of hydrogen-bond donors (Lipinski definition) is 0. The number of aromatic nitrogens is 1. The summed E-state index contributed by atoms with van der Waals surface area (Å²) in [7, 11) is 0. The maximum atomic E-state index is 5.17. The lowest BCUT2D eigenvalue weighted by Gasteiger charge is -2.45. The van der Waals surface area contributed by atoms with E-state index < -0.39 is 0 Å². The van der Waals surface area contributed by atoms with E-state index in [0.29, 0.717) is 0 Å². The predicted molar refractivity (Wildman–Crippen MR) is 210 cm³/mol. The van der Waals surface area contributed by atoms with Gasteiger partial charge in [0.1, 0.15) is 0 Å². The van der Waals surface area contributed by atoms with Gasteiger partial charge >= 0.3 is 0 Å². The Kier molecular flexibility index (Phi) is 6.25. The molecule has 0 fully saturated rings. The molecule has 0 amide bonds. The SMILES string of the molecule is CC1(C)c2ccccc2N(C2C=CC(c3ccc4sc5c(ccc6c(-c7ccccc7)nc7ccccc7c65)c4c3)=CC2)c2ccccc21. The number of thiophene rings is 1. The fourth-order valence-corrected chi connectivity index (χ4v) is 9.58. The van der Waals surface area contributed by atoms with Crippen molar-refractivity contribution < 1.29 is 0 Å². The third-order valence-electron chi connectivity index (χ3n) is 10.8. The highest BCUT2D eigenvalue weighted by Gasteiger charge is 2.37. The summed E-state index contributed by atoms with van der Waals surface area (Å²) >= 11 is 1.90. The fraction of sp³-hybridized carbons (Fsp3) is 0.109. The van der Waals surface area contributed by atoms with Crippen molar-refractivity contribution in [3.05, 3.63) is 168 Å². The Morgan fingerprint density at radius 1 is 0.653 bits per heavy atom. The quantitative estimate of drug-likeness (QED) is 0.178. The lowest BCUT2D eigenvalue weighted by molar-refractivity contribution is 0.614. The molecule has 6 aromatic carbocycles. The first-order valence-electron chi connectivity index (χ1n) is 17.2. The minimum Gasteiger partial charge on any atom is -0.334 e. The highest BCUT2D eigenvalue weighted by Crippen LogP contribution is 2.50. The van der Waals surface area contributed by atoms with Gasteiger partial charge < -0.3 is 4.90 Å². The van der Waals surface area contributed by atoms with Gasteiger partial charge in [0.25, 0.3) is 0 Å². The summed E-state index contributed by atoms with van der Waals surface area (Å²) in [6, 6.07) is 49.0. The van der Waals surface area contributed by atoms with Crippen LogP contribution in [0.4, 0.5) is 11.4 Å². The van der Waals surface area contributed by atoms with Crippen LogP contribution in [-0.2, 0) is 5.41 Å². The Hall–Kier alpha value is -5.51. The number of hydrogen-bond acceptors (Lipinski definition) is 3. The van der Waals surface area contributed by atoms with E-state index in [1.54, 1.807) is 0 Å². The second kappa shape index (κ2) is 10.7. The summed E-state index contributed by atoms with van der Waals surface area (Å²) in [5.74, 6) is 0. The minimum absolute atomic E-state index is 0.0426. The van der Waals surface area contributed by atoms with Crippen LogP contribution in [0.5, 0.6) is 0 Å². The number of rotatable bonds is 3. The van der Waals surface area contributed by atoms with E-state index in [2.05, 4.69) is 170 Å². The van der Waals surface area contributed by atoms with Gasteiger partial charge in [-0.3, -0.25) is 0 Å². The molecule has 0 saturated carbocycles. The normalized spacial score (nSPS) is 16.7. The van der Waals surface area contributed by atoms with Gasteiger partial charge in [0.15, 0.2) is 0 Å². The van der Waals surface area contributed by atoms with Crippen molar-refractivity contribution in [2.24, 2.45) is 0 Å². The molecule has 0 spiro atoms. The monoisotopic (exact) mass is 646 g/mol. The van der Waals surface area contributed by atoms with Gasteiger partial charge in [0.05, 0.1) is 17.3 Å². The van der Waals surface area contributed by atoms with Gasteiger partial charge in [0, 0.05) is 58.7 Å². The van der Waals surface area contributed by atoms with Gasteiger partial charge in [-0.2, -0.15) is 0 Å². The standard InChI is InChI=1S/C46H34N2S/c1-46(2)37-15-7-10-18-40(37)48(41-19-11-8-16-38(41)46)32-23-20-29(21-24-32)31-22-27-42-36(28-31)33-25-26-35-43(45(33)49-42)34-14-6-9-17-39(34)47-44(35)30-12-4-3-5-13-30/h3-23,25-28,32H,24H2,1-2H3. The Bertz CT molecular complexity index is 2630. The van der Waals surface area contributed by atoms with Crippen molar-refractivity contribution in [3.63, 3.8) is 0 Å². The molecule has 0 radical (unpaired) electrons. The summed E-state index contributed by atoms with van der Waals surface area (Å²) in [6.45, 7) is 4.71. The average Bonchev–Trinajstić information content (AvgIpc) is 3.53. The van der Waals surface area contributed by atoms with Crippen LogP contribution in [0.15, 0.2) is 152 Å². The molecule has 1 unspecified atom stereocenters. The van der Waals surface area contributed by atoms with Crippen molar-refractivity contribution in [1.29, 1.82) is 0 Å². The van der Waals surface area contributed by atoms with Crippen molar-refractivity contribution >= 4 is 70.1 Å². The molecular weight excluding hydrogens is 613 g/mol. The topological polar surface area (TPSA) is 16.1 Å². The van der Waals surface area contributed by atoms with Crippen LogP contribution in [0, 0.1) is 0 Å². The van der Waals surface area contributed by atoms with E-state index in [9.17, 15) is 0 Å². The number of allylic oxidation sites excluding steroid dienone is 2. The molecule has 3 heterocycles. The zero-order chi connectivity index (χ0) is 32.7. The summed E-state index contributed by atoms with van der Waals surface area (Å²) in [6.07, 6.45) is 8.14. The number of fused-ring (bicyclic) bond motifs is 9. The highest BCUT2D eigenvalue weighted by molar-refractivity contribution is 7.26. The molecule has 1 atom stereocenters. The Morgan fingerprint density at radius 2 is 1.35 bits per heavy atom.